The number of piperidine rings is 1. The van der Waals surface area contributed by atoms with Crippen molar-refractivity contribution in [1.29, 1.82) is 0 Å². The Hall–Kier alpha value is -2.12. The molecule has 8 heteroatoms. The van der Waals surface area contributed by atoms with Crippen LogP contribution in [0, 0.1) is 5.92 Å². The van der Waals surface area contributed by atoms with Gasteiger partial charge in [-0.3, -0.25) is 0 Å². The molecule has 1 aliphatic rings. The number of benzene rings is 1. The highest BCUT2D eigenvalue weighted by molar-refractivity contribution is 5.90. The van der Waals surface area contributed by atoms with Gasteiger partial charge in [-0.05, 0) is 12.8 Å². The van der Waals surface area contributed by atoms with Gasteiger partial charge in [-0.2, -0.15) is 13.2 Å². The third kappa shape index (κ3) is 4.43. The Kier molecular flexibility index (Phi) is 5.23. The number of halogens is 3. The largest absolute Gasteiger partial charge is 0.497 e. The zero-order valence-electron chi connectivity index (χ0n) is 12.9. The van der Waals surface area contributed by atoms with Gasteiger partial charge in [-0.1, -0.05) is 0 Å². The van der Waals surface area contributed by atoms with Gasteiger partial charge in [0.05, 0.1) is 20.1 Å². The number of carbonyl (C=O) groups excluding carboxylic acids is 1. The first-order chi connectivity index (χ1) is 10.8. The van der Waals surface area contributed by atoms with Gasteiger partial charge in [0.25, 0.3) is 0 Å². The highest BCUT2D eigenvalue weighted by Crippen LogP contribution is 2.33. The number of nitrogens with one attached hydrogen (secondary N) is 1. The molecular formula is C15H19F3N2O3. The van der Waals surface area contributed by atoms with Crippen LogP contribution in [0.3, 0.4) is 0 Å². The van der Waals surface area contributed by atoms with E-state index in [9.17, 15) is 18.0 Å². The van der Waals surface area contributed by atoms with Crippen LogP contribution in [-0.2, 0) is 0 Å². The summed E-state index contributed by atoms with van der Waals surface area (Å²) in [6.45, 7) is -0.0179. The average Bonchev–Trinajstić information content (AvgIpc) is 2.53. The third-order valence-corrected chi connectivity index (χ3v) is 3.77. The molecule has 1 aromatic carbocycles. The molecule has 1 saturated heterocycles. The number of amides is 2. The number of hydrogen-bond donors (Lipinski definition) is 1. The maximum absolute atomic E-state index is 12.8. The summed E-state index contributed by atoms with van der Waals surface area (Å²) in [5, 5.41) is 2.59. The van der Waals surface area contributed by atoms with Crippen molar-refractivity contribution in [2.75, 3.05) is 32.6 Å². The summed E-state index contributed by atoms with van der Waals surface area (Å²) >= 11 is 0. The lowest BCUT2D eigenvalue weighted by Crippen LogP contribution is -2.46. The lowest BCUT2D eigenvalue weighted by Gasteiger charge is -2.33. The molecule has 23 heavy (non-hydrogen) atoms. The molecule has 1 aliphatic heterocycles. The van der Waals surface area contributed by atoms with Crippen LogP contribution in [-0.4, -0.2) is 44.4 Å². The van der Waals surface area contributed by atoms with E-state index in [1.165, 1.54) is 19.1 Å². The molecule has 1 N–H and O–H groups in total. The highest BCUT2D eigenvalue weighted by Gasteiger charge is 2.42. The van der Waals surface area contributed by atoms with Crippen molar-refractivity contribution in [3.05, 3.63) is 18.2 Å². The fourth-order valence-electron chi connectivity index (χ4n) is 2.51. The van der Waals surface area contributed by atoms with E-state index in [4.69, 9.17) is 9.47 Å². The number of ether oxygens (including phenoxy) is 2. The van der Waals surface area contributed by atoms with E-state index in [0.29, 0.717) is 30.2 Å². The van der Waals surface area contributed by atoms with Crippen molar-refractivity contribution in [1.82, 2.24) is 4.90 Å². The highest BCUT2D eigenvalue weighted by atomic mass is 19.4. The van der Waals surface area contributed by atoms with Crippen LogP contribution in [0.2, 0.25) is 0 Å². The molecule has 0 aliphatic carbocycles. The number of hydrogen-bond acceptors (Lipinski definition) is 3. The van der Waals surface area contributed by atoms with Crippen molar-refractivity contribution in [3.63, 3.8) is 0 Å². The fraction of sp³-hybridized carbons (Fsp3) is 0.533. The lowest BCUT2D eigenvalue weighted by molar-refractivity contribution is -0.183. The summed E-state index contributed by atoms with van der Waals surface area (Å²) in [5.74, 6) is -0.514. The molecule has 0 saturated carbocycles. The first-order valence-electron chi connectivity index (χ1n) is 7.19. The number of urea groups is 1. The second-order valence-corrected chi connectivity index (χ2v) is 5.36. The van der Waals surface area contributed by atoms with Gasteiger partial charge in [0.15, 0.2) is 0 Å². The van der Waals surface area contributed by atoms with E-state index in [1.54, 1.807) is 18.2 Å². The zero-order valence-corrected chi connectivity index (χ0v) is 12.9. The molecule has 1 atom stereocenters. The van der Waals surface area contributed by atoms with Crippen LogP contribution in [0.4, 0.5) is 23.7 Å². The molecule has 128 valence electrons. The SMILES string of the molecule is COc1cc(NC(=O)N2CCC[C@H](C(F)(F)F)C2)cc(OC)c1. The molecule has 0 radical (unpaired) electrons. The number of anilines is 1. The number of methoxy groups -OCH3 is 2. The van der Waals surface area contributed by atoms with E-state index in [1.807, 2.05) is 0 Å². The monoisotopic (exact) mass is 332 g/mol. The fourth-order valence-corrected chi connectivity index (χ4v) is 2.51. The molecule has 1 aromatic rings. The van der Waals surface area contributed by atoms with Gasteiger partial charge < -0.3 is 19.7 Å². The Bertz CT molecular complexity index is 541. The smallest absolute Gasteiger partial charge is 0.393 e. The van der Waals surface area contributed by atoms with Crippen molar-refractivity contribution in [3.8, 4) is 11.5 Å². The van der Waals surface area contributed by atoms with E-state index in [0.717, 1.165) is 0 Å². The minimum absolute atomic E-state index is 0.0558. The minimum atomic E-state index is -4.28. The summed E-state index contributed by atoms with van der Waals surface area (Å²) in [7, 11) is 2.94. The summed E-state index contributed by atoms with van der Waals surface area (Å²) in [5.41, 5.74) is 0.403. The van der Waals surface area contributed by atoms with E-state index >= 15 is 0 Å². The number of alkyl halides is 3. The number of carbonyl (C=O) groups is 1. The summed E-state index contributed by atoms with van der Waals surface area (Å²) < 4.78 is 48.6. The Labute approximate surface area is 132 Å². The first-order valence-corrected chi connectivity index (χ1v) is 7.19. The van der Waals surface area contributed by atoms with Gasteiger partial charge in [-0.15, -0.1) is 0 Å². The summed E-state index contributed by atoms with van der Waals surface area (Å²) in [4.78, 5) is 13.4. The zero-order chi connectivity index (χ0) is 17.0. The Morgan fingerprint density at radius 3 is 2.35 bits per heavy atom. The van der Waals surface area contributed by atoms with Crippen LogP contribution in [0.5, 0.6) is 11.5 Å². The quantitative estimate of drug-likeness (QED) is 0.921. The van der Waals surface area contributed by atoms with E-state index in [2.05, 4.69) is 5.32 Å². The number of likely N-dealkylation sites (tertiary alicyclic amines) is 1. The molecule has 5 nitrogen and oxygen atoms in total. The second kappa shape index (κ2) is 6.97. The predicted molar refractivity (Wildman–Crippen MR) is 78.9 cm³/mol. The van der Waals surface area contributed by atoms with Crippen LogP contribution >= 0.6 is 0 Å². The maximum atomic E-state index is 12.8. The molecule has 1 heterocycles. The Morgan fingerprint density at radius 2 is 1.83 bits per heavy atom. The maximum Gasteiger partial charge on any atom is 0.393 e. The molecule has 2 amide bonds. The molecule has 2 rings (SSSR count). The normalized spacial score (nSPS) is 18.5. The van der Waals surface area contributed by atoms with Crippen LogP contribution in [0.25, 0.3) is 0 Å². The number of nitrogens with zero attached hydrogens (tertiary/aromatic N) is 1. The predicted octanol–water partition coefficient (Wildman–Crippen LogP) is 3.51. The standard InChI is InChI=1S/C15H19F3N2O3/c1-22-12-6-11(7-13(8-12)23-2)19-14(21)20-5-3-4-10(9-20)15(16,17)18/h6-8,10H,3-5,9H2,1-2H3,(H,19,21)/t10-/m0/s1. The molecular weight excluding hydrogens is 313 g/mol. The van der Waals surface area contributed by atoms with E-state index < -0.39 is 18.1 Å². The molecule has 0 spiro atoms. The summed E-state index contributed by atoms with van der Waals surface area (Å²) in [6.07, 6.45) is -3.89. The molecule has 0 bridgehead atoms. The van der Waals surface area contributed by atoms with E-state index in [-0.39, 0.29) is 13.0 Å². The van der Waals surface area contributed by atoms with Gasteiger partial charge in [-0.25, -0.2) is 4.79 Å². The number of rotatable bonds is 3. The lowest BCUT2D eigenvalue weighted by atomic mass is 9.98. The summed E-state index contributed by atoms with van der Waals surface area (Å²) in [6, 6.07) is 4.22. The Balaban J connectivity index is 2.06. The van der Waals surface area contributed by atoms with Gasteiger partial charge in [0.2, 0.25) is 0 Å². The van der Waals surface area contributed by atoms with Crippen LogP contribution in [0.1, 0.15) is 12.8 Å². The van der Waals surface area contributed by atoms with Crippen molar-refractivity contribution >= 4 is 11.7 Å². The van der Waals surface area contributed by atoms with Crippen molar-refractivity contribution in [2.24, 2.45) is 5.92 Å². The Morgan fingerprint density at radius 1 is 1.22 bits per heavy atom. The van der Waals surface area contributed by atoms with Gasteiger partial charge in [0.1, 0.15) is 11.5 Å². The van der Waals surface area contributed by atoms with Crippen LogP contribution < -0.4 is 14.8 Å². The van der Waals surface area contributed by atoms with Gasteiger partial charge >= 0.3 is 12.2 Å². The molecule has 0 unspecified atom stereocenters. The molecule has 0 aromatic heterocycles. The topological polar surface area (TPSA) is 50.8 Å². The molecule has 1 fully saturated rings. The van der Waals surface area contributed by atoms with Crippen molar-refractivity contribution in [2.45, 2.75) is 19.0 Å². The third-order valence-electron chi connectivity index (χ3n) is 3.77. The van der Waals surface area contributed by atoms with Crippen LogP contribution in [0.15, 0.2) is 18.2 Å². The van der Waals surface area contributed by atoms with Crippen molar-refractivity contribution < 1.29 is 27.4 Å². The first kappa shape index (κ1) is 17.2. The van der Waals surface area contributed by atoms with Gasteiger partial charge in [0, 0.05) is 37.0 Å². The minimum Gasteiger partial charge on any atom is -0.497 e. The average molecular weight is 332 g/mol. The second-order valence-electron chi connectivity index (χ2n) is 5.36.